The molecule has 0 aliphatic rings. The van der Waals surface area contributed by atoms with Crippen molar-refractivity contribution in [2.24, 2.45) is 0 Å². The van der Waals surface area contributed by atoms with Crippen LogP contribution in [0.4, 0.5) is 0 Å². The van der Waals surface area contributed by atoms with Gasteiger partial charge in [-0.1, -0.05) is 55.5 Å². The summed E-state index contributed by atoms with van der Waals surface area (Å²) in [6, 6.07) is 18.3. The highest BCUT2D eigenvalue weighted by Gasteiger charge is 2.22. The Morgan fingerprint density at radius 3 is 2.39 bits per heavy atom. The minimum absolute atomic E-state index is 0.0723. The van der Waals surface area contributed by atoms with E-state index in [0.29, 0.717) is 6.42 Å². The molecule has 0 saturated carbocycles. The van der Waals surface area contributed by atoms with Gasteiger partial charge < -0.3 is 10.1 Å². The van der Waals surface area contributed by atoms with E-state index in [4.69, 9.17) is 4.74 Å². The zero-order chi connectivity index (χ0) is 20.3. The van der Waals surface area contributed by atoms with Crippen LogP contribution in [0.2, 0.25) is 0 Å². The molecule has 3 heteroatoms. The maximum Gasteiger partial charge on any atom is 0.261 e. The molecule has 28 heavy (non-hydrogen) atoms. The number of carbonyl (C=O) groups excluding carboxylic acids is 1. The molecule has 0 aromatic heterocycles. The Morgan fingerprint density at radius 1 is 0.964 bits per heavy atom. The molecule has 0 aliphatic carbocycles. The number of amides is 1. The SMILES string of the molecule is CC[C@H](Oc1cccc2ccccc12)C(=O)N[C@H](C)c1cc(C)c(C)cc1C. The summed E-state index contributed by atoms with van der Waals surface area (Å²) < 4.78 is 6.14. The van der Waals surface area contributed by atoms with Gasteiger partial charge in [-0.2, -0.15) is 0 Å². The van der Waals surface area contributed by atoms with E-state index in [0.717, 1.165) is 22.1 Å². The summed E-state index contributed by atoms with van der Waals surface area (Å²) in [5, 5.41) is 5.27. The third-order valence-electron chi connectivity index (χ3n) is 5.39. The second-order valence-corrected chi connectivity index (χ2v) is 7.52. The van der Waals surface area contributed by atoms with Crippen LogP contribution < -0.4 is 10.1 Å². The number of rotatable bonds is 6. The number of hydrogen-bond donors (Lipinski definition) is 1. The highest BCUT2D eigenvalue weighted by atomic mass is 16.5. The molecule has 0 aliphatic heterocycles. The van der Waals surface area contributed by atoms with Crippen LogP contribution in [0.15, 0.2) is 54.6 Å². The maximum atomic E-state index is 12.9. The first-order chi connectivity index (χ1) is 13.4. The summed E-state index contributed by atoms with van der Waals surface area (Å²) in [7, 11) is 0. The zero-order valence-corrected chi connectivity index (χ0v) is 17.4. The second-order valence-electron chi connectivity index (χ2n) is 7.52. The first-order valence-corrected chi connectivity index (χ1v) is 9.93. The fraction of sp³-hybridized carbons (Fsp3) is 0.320. The van der Waals surface area contributed by atoms with E-state index in [1.807, 2.05) is 56.3 Å². The summed E-state index contributed by atoms with van der Waals surface area (Å²) in [6.45, 7) is 10.3. The first-order valence-electron chi connectivity index (χ1n) is 9.93. The third kappa shape index (κ3) is 4.19. The lowest BCUT2D eigenvalue weighted by Crippen LogP contribution is -2.39. The van der Waals surface area contributed by atoms with Crippen molar-refractivity contribution < 1.29 is 9.53 Å². The number of benzene rings is 3. The lowest BCUT2D eigenvalue weighted by Gasteiger charge is -2.23. The van der Waals surface area contributed by atoms with Gasteiger partial charge in [-0.3, -0.25) is 4.79 Å². The number of fused-ring (bicyclic) bond motifs is 1. The monoisotopic (exact) mass is 375 g/mol. The topological polar surface area (TPSA) is 38.3 Å². The van der Waals surface area contributed by atoms with Crippen molar-refractivity contribution in [3.63, 3.8) is 0 Å². The summed E-state index contributed by atoms with van der Waals surface area (Å²) in [5.41, 5.74) is 4.85. The predicted molar refractivity (Wildman–Crippen MR) is 116 cm³/mol. The molecule has 0 saturated heterocycles. The highest BCUT2D eigenvalue weighted by Crippen LogP contribution is 2.27. The lowest BCUT2D eigenvalue weighted by molar-refractivity contribution is -0.128. The van der Waals surface area contributed by atoms with Gasteiger partial charge in [-0.15, -0.1) is 0 Å². The number of hydrogen-bond acceptors (Lipinski definition) is 2. The van der Waals surface area contributed by atoms with Crippen LogP contribution in [0.3, 0.4) is 0 Å². The quantitative estimate of drug-likeness (QED) is 0.591. The Labute approximate surface area is 167 Å². The molecule has 0 radical (unpaired) electrons. The molecule has 2 atom stereocenters. The van der Waals surface area contributed by atoms with Crippen LogP contribution in [0.5, 0.6) is 5.75 Å². The molecule has 1 amide bonds. The Balaban J connectivity index is 1.77. The van der Waals surface area contributed by atoms with Gasteiger partial charge in [-0.05, 0) is 67.8 Å². The summed E-state index contributed by atoms with van der Waals surface area (Å²) >= 11 is 0. The van der Waals surface area contributed by atoms with Gasteiger partial charge >= 0.3 is 0 Å². The smallest absolute Gasteiger partial charge is 0.261 e. The molecular weight excluding hydrogens is 346 g/mol. The fourth-order valence-electron chi connectivity index (χ4n) is 3.61. The Morgan fingerprint density at radius 2 is 1.64 bits per heavy atom. The molecular formula is C25H29NO2. The van der Waals surface area contributed by atoms with Crippen molar-refractivity contribution in [1.82, 2.24) is 5.32 Å². The van der Waals surface area contributed by atoms with Crippen molar-refractivity contribution in [3.8, 4) is 5.75 Å². The Hall–Kier alpha value is -2.81. The molecule has 3 aromatic carbocycles. The molecule has 1 N–H and O–H groups in total. The van der Waals surface area contributed by atoms with Crippen LogP contribution in [0.25, 0.3) is 10.8 Å². The van der Waals surface area contributed by atoms with Crippen LogP contribution in [-0.2, 0) is 4.79 Å². The Bertz CT molecular complexity index is 988. The number of nitrogens with one attached hydrogen (secondary N) is 1. The highest BCUT2D eigenvalue weighted by molar-refractivity contribution is 5.89. The molecule has 146 valence electrons. The van der Waals surface area contributed by atoms with Crippen LogP contribution in [0, 0.1) is 20.8 Å². The van der Waals surface area contributed by atoms with Crippen LogP contribution >= 0.6 is 0 Å². The third-order valence-corrected chi connectivity index (χ3v) is 5.39. The normalized spacial score (nSPS) is 13.2. The minimum atomic E-state index is -0.528. The Kier molecular flexibility index (Phi) is 6.03. The van der Waals surface area contributed by atoms with E-state index in [9.17, 15) is 4.79 Å². The molecule has 0 heterocycles. The van der Waals surface area contributed by atoms with E-state index >= 15 is 0 Å². The standard InChI is InChI=1S/C25H29NO2/c1-6-23(28-24-13-9-11-20-10-7-8-12-21(20)24)25(27)26-19(5)22-15-17(3)16(2)14-18(22)4/h7-15,19,23H,6H2,1-5H3,(H,26,27)/t19-,23+/m1/s1. The predicted octanol–water partition coefficient (Wildman–Crippen LogP) is 5.80. The zero-order valence-electron chi connectivity index (χ0n) is 17.4. The van der Waals surface area contributed by atoms with Gasteiger partial charge in [-0.25, -0.2) is 0 Å². The van der Waals surface area contributed by atoms with E-state index in [1.54, 1.807) is 0 Å². The van der Waals surface area contributed by atoms with Crippen molar-refractivity contribution >= 4 is 16.7 Å². The molecule has 0 fully saturated rings. The molecule has 3 rings (SSSR count). The first kappa shape index (κ1) is 19.9. The molecule has 0 bridgehead atoms. The van der Waals surface area contributed by atoms with Gasteiger partial charge in [0.25, 0.3) is 5.91 Å². The second kappa shape index (κ2) is 8.47. The minimum Gasteiger partial charge on any atom is -0.480 e. The molecule has 3 aromatic rings. The summed E-state index contributed by atoms with van der Waals surface area (Å²) in [5.74, 6) is 0.663. The molecule has 0 unspecified atom stereocenters. The van der Waals surface area contributed by atoms with Crippen molar-refractivity contribution in [1.29, 1.82) is 0 Å². The number of ether oxygens (including phenoxy) is 1. The number of carbonyl (C=O) groups is 1. The van der Waals surface area contributed by atoms with E-state index in [2.05, 4.69) is 38.2 Å². The van der Waals surface area contributed by atoms with E-state index in [1.165, 1.54) is 16.7 Å². The summed E-state index contributed by atoms with van der Waals surface area (Å²) in [6.07, 6.45) is 0.0772. The van der Waals surface area contributed by atoms with Gasteiger partial charge in [0.1, 0.15) is 5.75 Å². The molecule has 0 spiro atoms. The van der Waals surface area contributed by atoms with Crippen LogP contribution in [-0.4, -0.2) is 12.0 Å². The van der Waals surface area contributed by atoms with Crippen LogP contribution in [0.1, 0.15) is 48.6 Å². The average molecular weight is 376 g/mol. The van der Waals surface area contributed by atoms with Crippen molar-refractivity contribution in [2.75, 3.05) is 0 Å². The molecule has 3 nitrogen and oxygen atoms in total. The van der Waals surface area contributed by atoms with E-state index in [-0.39, 0.29) is 11.9 Å². The van der Waals surface area contributed by atoms with Gasteiger partial charge in [0, 0.05) is 5.39 Å². The van der Waals surface area contributed by atoms with Crippen molar-refractivity contribution in [2.45, 2.75) is 53.2 Å². The van der Waals surface area contributed by atoms with Crippen molar-refractivity contribution in [3.05, 3.63) is 76.9 Å². The van der Waals surface area contributed by atoms with Gasteiger partial charge in [0.2, 0.25) is 0 Å². The van der Waals surface area contributed by atoms with Gasteiger partial charge in [0.05, 0.1) is 6.04 Å². The lowest BCUT2D eigenvalue weighted by atomic mass is 9.96. The maximum absolute atomic E-state index is 12.9. The summed E-state index contributed by atoms with van der Waals surface area (Å²) in [4.78, 5) is 12.9. The van der Waals surface area contributed by atoms with E-state index < -0.39 is 6.10 Å². The average Bonchev–Trinajstić information content (AvgIpc) is 2.68. The number of aryl methyl sites for hydroxylation is 3. The fourth-order valence-corrected chi connectivity index (χ4v) is 3.61. The van der Waals surface area contributed by atoms with Gasteiger partial charge in [0.15, 0.2) is 6.10 Å². The largest absolute Gasteiger partial charge is 0.480 e.